The van der Waals surface area contributed by atoms with Crippen LogP contribution in [0.2, 0.25) is 0 Å². The number of aliphatic hydroxyl groups is 1. The van der Waals surface area contributed by atoms with Gasteiger partial charge in [0.2, 0.25) is 0 Å². The van der Waals surface area contributed by atoms with Crippen LogP contribution < -0.4 is 5.32 Å². The van der Waals surface area contributed by atoms with E-state index in [0.717, 1.165) is 0 Å². The van der Waals surface area contributed by atoms with E-state index in [1.54, 1.807) is 0 Å². The molecule has 0 saturated heterocycles. The molecule has 0 amide bonds. The summed E-state index contributed by atoms with van der Waals surface area (Å²) < 4.78 is 26.9. The number of β-amino-alcohol motifs (C(OH)–C–C–N with tert-alkyl or cyclic N) is 1. The van der Waals surface area contributed by atoms with Crippen LogP contribution in [0.25, 0.3) is 0 Å². The number of aryl methyl sites for hydroxylation is 1. The van der Waals surface area contributed by atoms with Crippen LogP contribution in [0.5, 0.6) is 0 Å². The molecule has 0 fully saturated rings. The van der Waals surface area contributed by atoms with Crippen molar-refractivity contribution in [3.63, 3.8) is 0 Å². The van der Waals surface area contributed by atoms with Crippen LogP contribution in [0, 0.1) is 18.6 Å². The molecule has 0 aliphatic rings. The molecule has 96 valence electrons. The van der Waals surface area contributed by atoms with Gasteiger partial charge in [-0.3, -0.25) is 0 Å². The summed E-state index contributed by atoms with van der Waals surface area (Å²) in [5.41, 5.74) is 0.0489. The third kappa shape index (κ3) is 3.75. The van der Waals surface area contributed by atoms with Gasteiger partial charge in [0.05, 0.1) is 6.10 Å². The molecule has 0 heterocycles. The SMILES string of the molecule is Cc1ccc(C(O)CNC(C)(C)C)c(F)c1F. The van der Waals surface area contributed by atoms with Crippen LogP contribution in [0.3, 0.4) is 0 Å². The molecule has 0 aliphatic heterocycles. The summed E-state index contributed by atoms with van der Waals surface area (Å²) in [7, 11) is 0. The Bertz CT molecular complexity index is 399. The monoisotopic (exact) mass is 243 g/mol. The Morgan fingerprint density at radius 1 is 1.24 bits per heavy atom. The first-order valence-electron chi connectivity index (χ1n) is 5.60. The van der Waals surface area contributed by atoms with Crippen molar-refractivity contribution in [2.45, 2.75) is 39.3 Å². The van der Waals surface area contributed by atoms with Crippen LogP contribution in [0.4, 0.5) is 8.78 Å². The second-order valence-electron chi connectivity index (χ2n) is 5.25. The van der Waals surface area contributed by atoms with Gasteiger partial charge in [-0.25, -0.2) is 8.78 Å². The molecule has 1 aromatic carbocycles. The summed E-state index contributed by atoms with van der Waals surface area (Å²) in [4.78, 5) is 0. The molecular formula is C13H19F2NO. The van der Waals surface area contributed by atoms with Crippen LogP contribution in [0.1, 0.15) is 38.0 Å². The quantitative estimate of drug-likeness (QED) is 0.855. The van der Waals surface area contributed by atoms with Crippen molar-refractivity contribution in [3.05, 3.63) is 34.9 Å². The number of benzene rings is 1. The van der Waals surface area contributed by atoms with Crippen molar-refractivity contribution >= 4 is 0 Å². The van der Waals surface area contributed by atoms with Gasteiger partial charge in [-0.1, -0.05) is 12.1 Å². The lowest BCUT2D eigenvalue weighted by Crippen LogP contribution is -2.38. The van der Waals surface area contributed by atoms with Crippen molar-refractivity contribution < 1.29 is 13.9 Å². The summed E-state index contributed by atoms with van der Waals surface area (Å²) in [6, 6.07) is 2.89. The molecule has 0 bridgehead atoms. The molecule has 0 aliphatic carbocycles. The standard InChI is InChI=1S/C13H19F2NO/c1-8-5-6-9(12(15)11(8)14)10(17)7-16-13(2,3)4/h5-6,10,16-17H,7H2,1-4H3. The summed E-state index contributed by atoms with van der Waals surface area (Å²) in [6.07, 6.45) is -1.05. The molecule has 1 atom stereocenters. The third-order valence-electron chi connectivity index (χ3n) is 2.49. The highest BCUT2D eigenvalue weighted by atomic mass is 19.2. The number of rotatable bonds is 3. The van der Waals surface area contributed by atoms with Gasteiger partial charge in [-0.15, -0.1) is 0 Å². The third-order valence-corrected chi connectivity index (χ3v) is 2.49. The highest BCUT2D eigenvalue weighted by Gasteiger charge is 2.19. The molecule has 1 rings (SSSR count). The molecule has 0 spiro atoms. The lowest BCUT2D eigenvalue weighted by Gasteiger charge is -2.23. The average molecular weight is 243 g/mol. The minimum absolute atomic E-state index is 0.00940. The van der Waals surface area contributed by atoms with E-state index in [2.05, 4.69) is 5.32 Å². The Balaban J connectivity index is 2.83. The fourth-order valence-electron chi connectivity index (χ4n) is 1.43. The highest BCUT2D eigenvalue weighted by Crippen LogP contribution is 2.21. The van der Waals surface area contributed by atoms with Gasteiger partial charge in [0.15, 0.2) is 11.6 Å². The first-order valence-corrected chi connectivity index (χ1v) is 5.60. The van der Waals surface area contributed by atoms with E-state index in [9.17, 15) is 13.9 Å². The molecule has 4 heteroatoms. The molecule has 0 saturated carbocycles. The Labute approximate surface area is 101 Å². The molecule has 17 heavy (non-hydrogen) atoms. The van der Waals surface area contributed by atoms with Crippen molar-refractivity contribution in [2.75, 3.05) is 6.54 Å². The van der Waals surface area contributed by atoms with Crippen molar-refractivity contribution in [3.8, 4) is 0 Å². The van der Waals surface area contributed by atoms with Gasteiger partial charge >= 0.3 is 0 Å². The summed E-state index contributed by atoms with van der Waals surface area (Å²) >= 11 is 0. The number of nitrogens with one attached hydrogen (secondary N) is 1. The predicted molar refractivity (Wildman–Crippen MR) is 63.8 cm³/mol. The van der Waals surface area contributed by atoms with E-state index in [1.165, 1.54) is 19.1 Å². The molecule has 1 unspecified atom stereocenters. The smallest absolute Gasteiger partial charge is 0.164 e. The van der Waals surface area contributed by atoms with Crippen LogP contribution in [0.15, 0.2) is 12.1 Å². The van der Waals surface area contributed by atoms with Crippen LogP contribution in [-0.4, -0.2) is 17.2 Å². The zero-order chi connectivity index (χ0) is 13.2. The average Bonchev–Trinajstić information content (AvgIpc) is 2.22. The minimum Gasteiger partial charge on any atom is -0.387 e. The molecule has 0 aromatic heterocycles. The maximum atomic E-state index is 13.6. The fraction of sp³-hybridized carbons (Fsp3) is 0.538. The fourth-order valence-corrected chi connectivity index (χ4v) is 1.43. The molecule has 2 nitrogen and oxygen atoms in total. The van der Waals surface area contributed by atoms with E-state index < -0.39 is 17.7 Å². The first kappa shape index (κ1) is 14.1. The highest BCUT2D eigenvalue weighted by molar-refractivity contribution is 5.27. The van der Waals surface area contributed by atoms with Gasteiger partial charge in [-0.05, 0) is 33.3 Å². The molecule has 0 radical (unpaired) electrons. The number of aliphatic hydroxyl groups excluding tert-OH is 1. The van der Waals surface area contributed by atoms with E-state index in [0.29, 0.717) is 0 Å². The predicted octanol–water partition coefficient (Wildman–Crippen LogP) is 2.69. The zero-order valence-electron chi connectivity index (χ0n) is 10.6. The van der Waals surface area contributed by atoms with Crippen LogP contribution >= 0.6 is 0 Å². The van der Waals surface area contributed by atoms with Crippen LogP contribution in [-0.2, 0) is 0 Å². The topological polar surface area (TPSA) is 32.3 Å². The summed E-state index contributed by atoms with van der Waals surface area (Å²) in [5, 5.41) is 12.9. The Kier molecular flexibility index (Phi) is 4.22. The second kappa shape index (κ2) is 5.10. The zero-order valence-corrected chi connectivity index (χ0v) is 10.6. The summed E-state index contributed by atoms with van der Waals surface area (Å²) in [6.45, 7) is 7.48. The first-order chi connectivity index (χ1) is 7.72. The maximum absolute atomic E-state index is 13.6. The van der Waals surface area contributed by atoms with Gasteiger partial charge in [0.25, 0.3) is 0 Å². The minimum atomic E-state index is -1.05. The Morgan fingerprint density at radius 3 is 2.35 bits per heavy atom. The molecule has 2 N–H and O–H groups in total. The van der Waals surface area contributed by atoms with Crippen molar-refractivity contribution in [1.82, 2.24) is 5.32 Å². The lowest BCUT2D eigenvalue weighted by molar-refractivity contribution is 0.158. The van der Waals surface area contributed by atoms with Gasteiger partial charge < -0.3 is 10.4 Å². The maximum Gasteiger partial charge on any atom is 0.164 e. The number of hydrogen-bond donors (Lipinski definition) is 2. The van der Waals surface area contributed by atoms with Crippen molar-refractivity contribution in [2.24, 2.45) is 0 Å². The largest absolute Gasteiger partial charge is 0.387 e. The molecular weight excluding hydrogens is 224 g/mol. The lowest BCUT2D eigenvalue weighted by atomic mass is 10.0. The van der Waals surface area contributed by atoms with Crippen molar-refractivity contribution in [1.29, 1.82) is 0 Å². The second-order valence-corrected chi connectivity index (χ2v) is 5.25. The number of hydrogen-bond acceptors (Lipinski definition) is 2. The van der Waals surface area contributed by atoms with E-state index in [4.69, 9.17) is 0 Å². The van der Waals surface area contributed by atoms with E-state index in [1.807, 2.05) is 20.8 Å². The van der Waals surface area contributed by atoms with Gasteiger partial charge in [-0.2, -0.15) is 0 Å². The van der Waals surface area contributed by atoms with Gasteiger partial charge in [0.1, 0.15) is 0 Å². The normalized spacial score (nSPS) is 13.8. The Morgan fingerprint density at radius 2 is 1.82 bits per heavy atom. The van der Waals surface area contributed by atoms with E-state index >= 15 is 0 Å². The molecule has 1 aromatic rings. The summed E-state index contributed by atoms with van der Waals surface area (Å²) in [5.74, 6) is -1.86. The Hall–Kier alpha value is -1.00. The van der Waals surface area contributed by atoms with Gasteiger partial charge in [0, 0.05) is 17.6 Å². The number of halogens is 2. The van der Waals surface area contributed by atoms with E-state index in [-0.39, 0.29) is 23.2 Å².